The number of aliphatic carboxylic acids is 2. The summed E-state index contributed by atoms with van der Waals surface area (Å²) in [4.78, 5) is 20.7. The molecule has 0 rings (SSSR count). The Balaban J connectivity index is 4.11. The molecule has 0 heterocycles. The Bertz CT molecular complexity index is 180. The van der Waals surface area contributed by atoms with Crippen LogP contribution in [0, 0.1) is 5.92 Å². The van der Waals surface area contributed by atoms with E-state index < -0.39 is 23.9 Å². The molecule has 0 aromatic carbocycles. The second kappa shape index (κ2) is 4.71. The molecule has 12 heavy (non-hydrogen) atoms. The summed E-state index contributed by atoms with van der Waals surface area (Å²) in [5, 5.41) is 16.9. The predicted octanol–water partition coefficient (Wildman–Crippen LogP) is -0.101. The van der Waals surface area contributed by atoms with Gasteiger partial charge in [0.1, 0.15) is 0 Å². The van der Waals surface area contributed by atoms with Gasteiger partial charge in [-0.3, -0.25) is 9.59 Å². The lowest BCUT2D eigenvalue weighted by atomic mass is 9.95. The Morgan fingerprint density at radius 1 is 1.42 bits per heavy atom. The van der Waals surface area contributed by atoms with Gasteiger partial charge in [-0.05, 0) is 6.42 Å². The third-order valence-electron chi connectivity index (χ3n) is 1.68. The lowest BCUT2D eigenvalue weighted by molar-refractivity contribution is -0.143. The van der Waals surface area contributed by atoms with Gasteiger partial charge in [0.15, 0.2) is 0 Å². The van der Waals surface area contributed by atoms with Crippen molar-refractivity contribution in [2.75, 3.05) is 0 Å². The molecule has 4 N–H and O–H groups in total. The Morgan fingerprint density at radius 2 is 1.92 bits per heavy atom. The zero-order valence-corrected chi connectivity index (χ0v) is 6.86. The molecule has 0 spiro atoms. The molecule has 0 radical (unpaired) electrons. The van der Waals surface area contributed by atoms with E-state index in [0.29, 0.717) is 6.42 Å². The van der Waals surface area contributed by atoms with Crippen LogP contribution in [0.15, 0.2) is 0 Å². The lowest BCUT2D eigenvalue weighted by Crippen LogP contribution is -2.36. The SMILES string of the molecule is CC[C@H](C(=O)O)[C@@H](N)CC(=O)O. The van der Waals surface area contributed by atoms with Crippen LogP contribution in [0.2, 0.25) is 0 Å². The van der Waals surface area contributed by atoms with Crippen molar-refractivity contribution in [1.82, 2.24) is 0 Å². The van der Waals surface area contributed by atoms with Crippen LogP contribution < -0.4 is 5.73 Å². The van der Waals surface area contributed by atoms with Crippen molar-refractivity contribution in [3.63, 3.8) is 0 Å². The molecule has 5 heteroatoms. The van der Waals surface area contributed by atoms with Gasteiger partial charge in [-0.2, -0.15) is 0 Å². The first-order valence-electron chi connectivity index (χ1n) is 3.69. The highest BCUT2D eigenvalue weighted by molar-refractivity contribution is 5.73. The van der Waals surface area contributed by atoms with Crippen LogP contribution in [0.4, 0.5) is 0 Å². The Labute approximate surface area is 70.2 Å². The summed E-state index contributed by atoms with van der Waals surface area (Å²) >= 11 is 0. The second-order valence-corrected chi connectivity index (χ2v) is 2.61. The van der Waals surface area contributed by atoms with E-state index in [2.05, 4.69) is 0 Å². The van der Waals surface area contributed by atoms with Gasteiger partial charge in [-0.1, -0.05) is 6.92 Å². The molecule has 0 unspecified atom stereocenters. The summed E-state index contributed by atoms with van der Waals surface area (Å²) in [6.07, 6.45) is 0.0502. The Hall–Kier alpha value is -1.10. The van der Waals surface area contributed by atoms with Crippen LogP contribution in [0.3, 0.4) is 0 Å². The molecule has 0 fully saturated rings. The fraction of sp³-hybridized carbons (Fsp3) is 0.714. The predicted molar refractivity (Wildman–Crippen MR) is 41.6 cm³/mol. The maximum Gasteiger partial charge on any atom is 0.308 e. The molecule has 0 aliphatic carbocycles. The number of hydrogen-bond acceptors (Lipinski definition) is 3. The van der Waals surface area contributed by atoms with Gasteiger partial charge >= 0.3 is 11.9 Å². The first-order valence-corrected chi connectivity index (χ1v) is 3.69. The van der Waals surface area contributed by atoms with Crippen molar-refractivity contribution < 1.29 is 19.8 Å². The summed E-state index contributed by atoms with van der Waals surface area (Å²) in [7, 11) is 0. The van der Waals surface area contributed by atoms with Gasteiger partial charge in [-0.15, -0.1) is 0 Å². The summed E-state index contributed by atoms with van der Waals surface area (Å²) in [6.45, 7) is 1.67. The molecule has 70 valence electrons. The van der Waals surface area contributed by atoms with Gasteiger partial charge in [-0.25, -0.2) is 0 Å². The maximum atomic E-state index is 10.5. The quantitative estimate of drug-likeness (QED) is 0.541. The molecular weight excluding hydrogens is 162 g/mol. The van der Waals surface area contributed by atoms with E-state index >= 15 is 0 Å². The van der Waals surface area contributed by atoms with E-state index in [4.69, 9.17) is 15.9 Å². The molecule has 0 saturated heterocycles. The Kier molecular flexibility index (Phi) is 4.28. The minimum absolute atomic E-state index is 0.301. The maximum absolute atomic E-state index is 10.5. The number of carboxylic acid groups (broad SMARTS) is 2. The number of carbonyl (C=O) groups is 2. The zero-order valence-electron chi connectivity index (χ0n) is 6.86. The third-order valence-corrected chi connectivity index (χ3v) is 1.68. The molecule has 0 amide bonds. The van der Waals surface area contributed by atoms with E-state index in [1.807, 2.05) is 0 Å². The zero-order chi connectivity index (χ0) is 9.72. The van der Waals surface area contributed by atoms with E-state index in [9.17, 15) is 9.59 Å². The highest BCUT2D eigenvalue weighted by Gasteiger charge is 2.24. The molecule has 0 saturated carbocycles. The summed E-state index contributed by atoms with van der Waals surface area (Å²) in [6, 6.07) is -0.801. The van der Waals surface area contributed by atoms with Crippen molar-refractivity contribution in [1.29, 1.82) is 0 Å². The Morgan fingerprint density at radius 3 is 2.17 bits per heavy atom. The molecule has 2 atom stereocenters. The molecule has 0 aliphatic rings. The van der Waals surface area contributed by atoms with Gasteiger partial charge in [0.05, 0.1) is 12.3 Å². The smallest absolute Gasteiger partial charge is 0.308 e. The van der Waals surface area contributed by atoms with Crippen LogP contribution in [-0.2, 0) is 9.59 Å². The first-order chi connectivity index (χ1) is 5.49. The van der Waals surface area contributed by atoms with Crippen molar-refractivity contribution >= 4 is 11.9 Å². The fourth-order valence-electron chi connectivity index (χ4n) is 1.00. The van der Waals surface area contributed by atoms with Crippen LogP contribution >= 0.6 is 0 Å². The number of carboxylic acids is 2. The summed E-state index contributed by atoms with van der Waals surface area (Å²) in [5.41, 5.74) is 5.37. The van der Waals surface area contributed by atoms with Crippen LogP contribution in [0.5, 0.6) is 0 Å². The minimum atomic E-state index is -1.07. The van der Waals surface area contributed by atoms with E-state index in [-0.39, 0.29) is 6.42 Å². The molecule has 5 nitrogen and oxygen atoms in total. The molecule has 0 aliphatic heterocycles. The highest BCUT2D eigenvalue weighted by atomic mass is 16.4. The van der Waals surface area contributed by atoms with Gasteiger partial charge in [0.25, 0.3) is 0 Å². The highest BCUT2D eigenvalue weighted by Crippen LogP contribution is 2.09. The normalized spacial score (nSPS) is 15.2. The number of rotatable bonds is 5. The van der Waals surface area contributed by atoms with Gasteiger partial charge in [0.2, 0.25) is 0 Å². The van der Waals surface area contributed by atoms with Crippen LogP contribution in [-0.4, -0.2) is 28.2 Å². The molecule has 0 bridgehead atoms. The second-order valence-electron chi connectivity index (χ2n) is 2.61. The van der Waals surface area contributed by atoms with E-state index in [1.165, 1.54) is 0 Å². The monoisotopic (exact) mass is 175 g/mol. The van der Waals surface area contributed by atoms with E-state index in [1.54, 1.807) is 6.92 Å². The van der Waals surface area contributed by atoms with Crippen molar-refractivity contribution in [2.24, 2.45) is 11.7 Å². The van der Waals surface area contributed by atoms with Crippen LogP contribution in [0.25, 0.3) is 0 Å². The molecular formula is C7H13NO4. The van der Waals surface area contributed by atoms with Crippen LogP contribution in [0.1, 0.15) is 19.8 Å². The van der Waals surface area contributed by atoms with Gasteiger partial charge < -0.3 is 15.9 Å². The molecule has 0 aromatic rings. The third kappa shape index (κ3) is 3.34. The van der Waals surface area contributed by atoms with Gasteiger partial charge in [0, 0.05) is 6.04 Å². The molecule has 0 aromatic heterocycles. The van der Waals surface area contributed by atoms with E-state index in [0.717, 1.165) is 0 Å². The standard InChI is InChI=1S/C7H13NO4/c1-2-4(7(11)12)5(8)3-6(9)10/h4-5H,2-3,8H2,1H3,(H,9,10)(H,11,12)/t4-,5-/m0/s1. The number of nitrogens with two attached hydrogens (primary N) is 1. The fourth-order valence-corrected chi connectivity index (χ4v) is 1.00. The topological polar surface area (TPSA) is 101 Å². The minimum Gasteiger partial charge on any atom is -0.481 e. The van der Waals surface area contributed by atoms with Crippen molar-refractivity contribution in [2.45, 2.75) is 25.8 Å². The lowest BCUT2D eigenvalue weighted by Gasteiger charge is -2.15. The first kappa shape index (κ1) is 10.9. The summed E-state index contributed by atoms with van der Waals surface area (Å²) < 4.78 is 0. The number of hydrogen-bond donors (Lipinski definition) is 3. The average molecular weight is 175 g/mol. The largest absolute Gasteiger partial charge is 0.481 e. The summed E-state index contributed by atoms with van der Waals surface area (Å²) in [5.74, 6) is -2.87. The van der Waals surface area contributed by atoms with Crippen molar-refractivity contribution in [3.8, 4) is 0 Å². The van der Waals surface area contributed by atoms with Crippen molar-refractivity contribution in [3.05, 3.63) is 0 Å². The average Bonchev–Trinajstić information content (AvgIpc) is 1.85.